The minimum atomic E-state index is -0.971. The van der Waals surface area contributed by atoms with Crippen molar-refractivity contribution in [2.75, 3.05) is 12.0 Å². The second-order valence-corrected chi connectivity index (χ2v) is 7.74. The Bertz CT molecular complexity index is 1080. The molecule has 1 aliphatic heterocycles. The zero-order chi connectivity index (χ0) is 20.4. The molecule has 5 nitrogen and oxygen atoms in total. The van der Waals surface area contributed by atoms with E-state index in [0.29, 0.717) is 29.1 Å². The molecule has 1 atom stereocenters. The Morgan fingerprint density at radius 2 is 1.55 bits per heavy atom. The van der Waals surface area contributed by atoms with Crippen LogP contribution in [0.15, 0.2) is 66.7 Å². The summed E-state index contributed by atoms with van der Waals surface area (Å²) in [5.74, 6) is -0.507. The first-order valence-electron chi connectivity index (χ1n) is 9.26. The second kappa shape index (κ2) is 8.09. The van der Waals surface area contributed by atoms with Crippen molar-refractivity contribution in [2.24, 2.45) is 0 Å². The maximum Gasteiger partial charge on any atom is 0.334 e. The van der Waals surface area contributed by atoms with Crippen molar-refractivity contribution in [3.05, 3.63) is 77.9 Å². The molecule has 0 N–H and O–H groups in total. The number of carbonyl (C=O) groups is 3. The predicted molar refractivity (Wildman–Crippen MR) is 113 cm³/mol. The summed E-state index contributed by atoms with van der Waals surface area (Å²) < 4.78 is 5.60. The quantitative estimate of drug-likeness (QED) is 0.350. The van der Waals surface area contributed by atoms with Crippen molar-refractivity contribution in [3.63, 3.8) is 0 Å². The van der Waals surface area contributed by atoms with E-state index in [1.165, 1.54) is 0 Å². The van der Waals surface area contributed by atoms with Gasteiger partial charge >= 0.3 is 5.97 Å². The molecule has 0 bridgehead atoms. The van der Waals surface area contributed by atoms with Gasteiger partial charge in [0.2, 0.25) is 0 Å². The van der Waals surface area contributed by atoms with Crippen LogP contribution in [-0.2, 0) is 4.79 Å². The van der Waals surface area contributed by atoms with Crippen molar-refractivity contribution >= 4 is 40.3 Å². The molecule has 29 heavy (non-hydrogen) atoms. The number of carbonyl (C=O) groups excluding carboxylic acids is 3. The Kier molecular flexibility index (Phi) is 5.36. The van der Waals surface area contributed by atoms with Crippen molar-refractivity contribution in [3.8, 4) is 5.75 Å². The average Bonchev–Trinajstić information content (AvgIpc) is 2.99. The fourth-order valence-corrected chi connectivity index (χ4v) is 3.95. The highest BCUT2D eigenvalue weighted by Gasteiger charge is 2.43. The summed E-state index contributed by atoms with van der Waals surface area (Å²) in [7, 11) is 0. The molecular formula is C23H19NO4S. The maximum atomic E-state index is 13.0. The number of rotatable bonds is 6. The third-order valence-electron chi connectivity index (χ3n) is 4.94. The van der Waals surface area contributed by atoms with E-state index in [0.717, 1.165) is 15.7 Å². The number of thioether (sulfide) groups is 1. The number of hydrogen-bond donors (Lipinski definition) is 0. The molecular weight excluding hydrogens is 386 g/mol. The Labute approximate surface area is 172 Å². The van der Waals surface area contributed by atoms with Gasteiger partial charge in [-0.15, -0.1) is 0 Å². The number of benzene rings is 3. The molecule has 1 unspecified atom stereocenters. The van der Waals surface area contributed by atoms with E-state index in [1.54, 1.807) is 48.2 Å². The molecule has 0 saturated carbocycles. The van der Waals surface area contributed by atoms with Gasteiger partial charge in [-0.25, -0.2) is 4.79 Å². The highest BCUT2D eigenvalue weighted by molar-refractivity contribution is 7.98. The number of ether oxygens (including phenoxy) is 1. The van der Waals surface area contributed by atoms with Gasteiger partial charge in [-0.2, -0.15) is 11.8 Å². The molecule has 3 aromatic rings. The van der Waals surface area contributed by atoms with E-state index >= 15 is 0 Å². The fraction of sp³-hybridized carbons (Fsp3) is 0.174. The van der Waals surface area contributed by atoms with Crippen LogP contribution in [0.25, 0.3) is 10.8 Å². The summed E-state index contributed by atoms with van der Waals surface area (Å²) in [5, 5.41) is 1.98. The number of esters is 1. The molecule has 1 heterocycles. The van der Waals surface area contributed by atoms with Crippen LogP contribution in [0.3, 0.4) is 0 Å². The van der Waals surface area contributed by atoms with Crippen LogP contribution in [0, 0.1) is 0 Å². The summed E-state index contributed by atoms with van der Waals surface area (Å²) in [6.07, 6.45) is 2.24. The maximum absolute atomic E-state index is 13.0. The van der Waals surface area contributed by atoms with Crippen LogP contribution >= 0.6 is 11.8 Å². The minimum absolute atomic E-state index is 0.324. The van der Waals surface area contributed by atoms with E-state index in [-0.39, 0.29) is 0 Å². The summed E-state index contributed by atoms with van der Waals surface area (Å²) in [6.45, 7) is 0. The molecule has 6 heteroatoms. The average molecular weight is 405 g/mol. The molecule has 0 aliphatic carbocycles. The van der Waals surface area contributed by atoms with E-state index in [4.69, 9.17) is 4.74 Å². The van der Waals surface area contributed by atoms with E-state index in [2.05, 4.69) is 0 Å². The normalized spacial score (nSPS) is 14.2. The van der Waals surface area contributed by atoms with E-state index in [1.807, 2.05) is 36.6 Å². The van der Waals surface area contributed by atoms with Crippen molar-refractivity contribution in [1.29, 1.82) is 0 Å². The van der Waals surface area contributed by atoms with Crippen molar-refractivity contribution in [1.82, 2.24) is 4.90 Å². The van der Waals surface area contributed by atoms with Crippen LogP contribution in [0.5, 0.6) is 5.75 Å². The first-order valence-corrected chi connectivity index (χ1v) is 10.7. The Balaban J connectivity index is 1.61. The number of nitrogens with zero attached hydrogens (tertiary/aromatic N) is 1. The zero-order valence-electron chi connectivity index (χ0n) is 15.8. The predicted octanol–water partition coefficient (Wildman–Crippen LogP) is 4.16. The Morgan fingerprint density at radius 1 is 0.931 bits per heavy atom. The minimum Gasteiger partial charge on any atom is -0.425 e. The molecule has 0 saturated heterocycles. The van der Waals surface area contributed by atoms with Crippen molar-refractivity contribution in [2.45, 2.75) is 12.5 Å². The van der Waals surface area contributed by atoms with Gasteiger partial charge in [0, 0.05) is 0 Å². The first-order chi connectivity index (χ1) is 14.1. The lowest BCUT2D eigenvalue weighted by molar-refractivity contribution is -0.138. The molecule has 3 aromatic carbocycles. The number of fused-ring (bicyclic) bond motifs is 2. The van der Waals surface area contributed by atoms with Gasteiger partial charge in [-0.05, 0) is 53.5 Å². The zero-order valence-corrected chi connectivity index (χ0v) is 16.6. The highest BCUT2D eigenvalue weighted by atomic mass is 32.2. The van der Waals surface area contributed by atoms with Crippen LogP contribution in [-0.4, -0.2) is 40.7 Å². The Morgan fingerprint density at radius 3 is 2.21 bits per heavy atom. The van der Waals surface area contributed by atoms with Gasteiger partial charge < -0.3 is 4.74 Å². The topological polar surface area (TPSA) is 63.7 Å². The molecule has 0 radical (unpaired) electrons. The standard InChI is InChI=1S/C23H19NO4S/c1-29-13-12-20(24-21(25)18-8-4-5-9-19(18)22(24)26)23(27)28-17-11-10-15-6-2-3-7-16(15)14-17/h2-11,14,20H,12-13H2,1H3. The Hall–Kier alpha value is -3.12. The van der Waals surface area contributed by atoms with Gasteiger partial charge in [0.1, 0.15) is 11.8 Å². The van der Waals surface area contributed by atoms with Gasteiger partial charge in [-0.3, -0.25) is 14.5 Å². The van der Waals surface area contributed by atoms with Gasteiger partial charge in [0.05, 0.1) is 11.1 Å². The summed E-state index contributed by atoms with van der Waals surface area (Å²) in [4.78, 5) is 39.7. The SMILES string of the molecule is CSCCC(C(=O)Oc1ccc2ccccc2c1)N1C(=O)c2ccccc2C1=O. The van der Waals surface area contributed by atoms with Gasteiger partial charge in [-0.1, -0.05) is 42.5 Å². The first kappa shape index (κ1) is 19.2. The van der Waals surface area contributed by atoms with Crippen LogP contribution in [0.4, 0.5) is 0 Å². The summed E-state index contributed by atoms with van der Waals surface area (Å²) in [5.41, 5.74) is 0.648. The number of imide groups is 1. The molecule has 0 aromatic heterocycles. The number of amides is 2. The van der Waals surface area contributed by atoms with Crippen molar-refractivity contribution < 1.29 is 19.1 Å². The molecule has 0 fully saturated rings. The smallest absolute Gasteiger partial charge is 0.334 e. The molecule has 2 amide bonds. The molecule has 146 valence electrons. The van der Waals surface area contributed by atoms with Gasteiger partial charge in [0.15, 0.2) is 0 Å². The highest BCUT2D eigenvalue weighted by Crippen LogP contribution is 2.28. The molecule has 1 aliphatic rings. The fourth-order valence-electron chi connectivity index (χ4n) is 3.49. The van der Waals surface area contributed by atoms with Crippen LogP contribution in [0.2, 0.25) is 0 Å². The lowest BCUT2D eigenvalue weighted by Gasteiger charge is -2.24. The summed E-state index contributed by atoms with van der Waals surface area (Å²) in [6, 6.07) is 18.8. The lowest BCUT2D eigenvalue weighted by atomic mass is 10.1. The summed E-state index contributed by atoms with van der Waals surface area (Å²) >= 11 is 1.54. The van der Waals surface area contributed by atoms with Crippen LogP contribution in [0.1, 0.15) is 27.1 Å². The van der Waals surface area contributed by atoms with Crippen LogP contribution < -0.4 is 4.74 Å². The van der Waals surface area contributed by atoms with Gasteiger partial charge in [0.25, 0.3) is 11.8 Å². The second-order valence-electron chi connectivity index (χ2n) is 6.75. The molecule has 0 spiro atoms. The number of hydrogen-bond acceptors (Lipinski definition) is 5. The lowest BCUT2D eigenvalue weighted by Crippen LogP contribution is -2.47. The monoisotopic (exact) mass is 405 g/mol. The third-order valence-corrected chi connectivity index (χ3v) is 5.59. The molecule has 4 rings (SSSR count). The van der Waals surface area contributed by atoms with E-state index < -0.39 is 23.8 Å². The van der Waals surface area contributed by atoms with E-state index in [9.17, 15) is 14.4 Å². The largest absolute Gasteiger partial charge is 0.425 e. The third kappa shape index (κ3) is 3.63.